The number of benzene rings is 1. The molecule has 0 saturated carbocycles. The molecule has 0 aliphatic carbocycles. The second-order valence-electron chi connectivity index (χ2n) is 7.94. The first kappa shape index (κ1) is 19.8. The molecule has 0 fully saturated rings. The number of carbonyl (C=O) groups excluding carboxylic acids is 1. The molecule has 0 bridgehead atoms. The lowest BCUT2D eigenvalue weighted by Crippen LogP contribution is -2.43. The van der Waals surface area contributed by atoms with E-state index < -0.39 is 22.5 Å². The third-order valence-corrected chi connectivity index (χ3v) is 4.08. The van der Waals surface area contributed by atoms with Crippen molar-refractivity contribution in [2.45, 2.75) is 53.2 Å². The van der Waals surface area contributed by atoms with Gasteiger partial charge < -0.3 is 14.7 Å². The summed E-state index contributed by atoms with van der Waals surface area (Å²) in [5.41, 5.74) is 0.211. The Morgan fingerprint density at radius 2 is 2.00 bits per heavy atom. The molecule has 1 heterocycles. The summed E-state index contributed by atoms with van der Waals surface area (Å²) in [4.78, 5) is 25.3. The maximum atomic E-state index is 12.7. The molecule has 1 atom stereocenters. The van der Waals surface area contributed by atoms with E-state index >= 15 is 0 Å². The van der Waals surface area contributed by atoms with Crippen molar-refractivity contribution in [2.24, 2.45) is 5.92 Å². The van der Waals surface area contributed by atoms with Gasteiger partial charge in [-0.15, -0.1) is 0 Å². The molecule has 0 radical (unpaired) electrons. The number of hydrogen-bond acceptors (Lipinski definition) is 6. The van der Waals surface area contributed by atoms with Gasteiger partial charge in [0, 0.05) is 29.9 Å². The highest BCUT2D eigenvalue weighted by molar-refractivity contribution is 6.01. The van der Waals surface area contributed by atoms with Gasteiger partial charge in [0.15, 0.2) is 0 Å². The molecular formula is C19H26N2O5. The Bertz CT molecular complexity index is 762. The third kappa shape index (κ3) is 3.98. The van der Waals surface area contributed by atoms with Gasteiger partial charge in [-0.05, 0) is 39.7 Å². The van der Waals surface area contributed by atoms with Crippen LogP contribution in [0.2, 0.25) is 0 Å². The Hall–Kier alpha value is -2.57. The quantitative estimate of drug-likeness (QED) is 0.493. The van der Waals surface area contributed by atoms with E-state index in [4.69, 9.17) is 4.74 Å². The molecule has 7 heteroatoms. The van der Waals surface area contributed by atoms with Crippen LogP contribution in [0.4, 0.5) is 11.4 Å². The number of hydrogen-bond donors (Lipinski definition) is 1. The standard InChI is InChI=1S/C19H26N2O5/c1-11(2)10-20-12(3)16(18(23)26-19(4,5)6)17(22)14-9-13(21(24)25)7-8-15(14)20/h7-9,11-12,22H,10H2,1-6H3. The van der Waals surface area contributed by atoms with Gasteiger partial charge in [0.2, 0.25) is 0 Å². The van der Waals surface area contributed by atoms with Crippen molar-refractivity contribution >= 4 is 23.1 Å². The summed E-state index contributed by atoms with van der Waals surface area (Å²) in [5, 5.41) is 21.9. The number of aliphatic hydroxyl groups excluding tert-OH is 1. The molecule has 142 valence electrons. The van der Waals surface area contributed by atoms with Crippen molar-refractivity contribution in [3.05, 3.63) is 39.4 Å². The summed E-state index contributed by atoms with van der Waals surface area (Å²) in [6, 6.07) is 3.91. The van der Waals surface area contributed by atoms with Gasteiger partial charge in [0.05, 0.1) is 11.0 Å². The lowest BCUT2D eigenvalue weighted by molar-refractivity contribution is -0.384. The second-order valence-corrected chi connectivity index (χ2v) is 7.94. The smallest absolute Gasteiger partial charge is 0.340 e. The summed E-state index contributed by atoms with van der Waals surface area (Å²) in [7, 11) is 0. The van der Waals surface area contributed by atoms with Crippen molar-refractivity contribution in [2.75, 3.05) is 11.4 Å². The molecule has 1 aliphatic rings. The molecule has 0 saturated heterocycles. The summed E-state index contributed by atoms with van der Waals surface area (Å²) in [6.45, 7) is 11.8. The number of fused-ring (bicyclic) bond motifs is 1. The minimum Gasteiger partial charge on any atom is -0.507 e. The average molecular weight is 362 g/mol. The van der Waals surface area contributed by atoms with Crippen LogP contribution in [0.25, 0.3) is 5.76 Å². The first-order chi connectivity index (χ1) is 11.9. The number of nitro groups is 1. The zero-order valence-corrected chi connectivity index (χ0v) is 16.1. The lowest BCUT2D eigenvalue weighted by atomic mass is 9.92. The van der Waals surface area contributed by atoms with E-state index in [1.165, 1.54) is 12.1 Å². The minimum atomic E-state index is -0.712. The van der Waals surface area contributed by atoms with Crippen molar-refractivity contribution in [3.8, 4) is 0 Å². The molecule has 1 aromatic rings. The van der Waals surface area contributed by atoms with E-state index in [9.17, 15) is 20.0 Å². The van der Waals surface area contributed by atoms with Crippen LogP contribution < -0.4 is 4.90 Å². The predicted molar refractivity (Wildman–Crippen MR) is 100 cm³/mol. The van der Waals surface area contributed by atoms with Crippen molar-refractivity contribution < 1.29 is 19.6 Å². The maximum absolute atomic E-state index is 12.7. The molecule has 26 heavy (non-hydrogen) atoms. The van der Waals surface area contributed by atoms with E-state index in [1.807, 2.05) is 25.7 Å². The Kier molecular flexibility index (Phi) is 5.30. The summed E-state index contributed by atoms with van der Waals surface area (Å²) >= 11 is 0. The predicted octanol–water partition coefficient (Wildman–Crippen LogP) is 4.07. The number of carbonyl (C=O) groups is 1. The fourth-order valence-corrected chi connectivity index (χ4v) is 3.04. The molecule has 1 aromatic carbocycles. The minimum absolute atomic E-state index is 0.119. The Balaban J connectivity index is 2.63. The number of ether oxygens (including phenoxy) is 1. The molecule has 1 unspecified atom stereocenters. The highest BCUT2D eigenvalue weighted by atomic mass is 16.6. The van der Waals surface area contributed by atoms with Gasteiger partial charge in [-0.25, -0.2) is 4.79 Å². The molecule has 0 spiro atoms. The van der Waals surface area contributed by atoms with Crippen LogP contribution in [0.15, 0.2) is 23.8 Å². The zero-order valence-electron chi connectivity index (χ0n) is 16.1. The number of anilines is 1. The van der Waals surface area contributed by atoms with Gasteiger partial charge in [-0.3, -0.25) is 10.1 Å². The van der Waals surface area contributed by atoms with Crippen molar-refractivity contribution in [1.82, 2.24) is 0 Å². The number of nitro benzene ring substituents is 1. The summed E-state index contributed by atoms with van der Waals surface area (Å²) in [6.07, 6.45) is 0. The molecule has 1 aliphatic heterocycles. The van der Waals surface area contributed by atoms with E-state index in [0.29, 0.717) is 18.2 Å². The third-order valence-electron chi connectivity index (χ3n) is 4.08. The molecule has 7 nitrogen and oxygen atoms in total. The highest BCUT2D eigenvalue weighted by Crippen LogP contribution is 2.40. The maximum Gasteiger partial charge on any atom is 0.340 e. The normalized spacial score (nSPS) is 17.3. The van der Waals surface area contributed by atoms with E-state index in [0.717, 1.165) is 0 Å². The molecule has 0 amide bonds. The van der Waals surface area contributed by atoms with Crippen molar-refractivity contribution in [3.63, 3.8) is 0 Å². The van der Waals surface area contributed by atoms with Crippen LogP contribution in [0.5, 0.6) is 0 Å². The van der Waals surface area contributed by atoms with Gasteiger partial charge in [-0.1, -0.05) is 13.8 Å². The average Bonchev–Trinajstić information content (AvgIpc) is 2.49. The highest BCUT2D eigenvalue weighted by Gasteiger charge is 2.37. The van der Waals surface area contributed by atoms with E-state index in [2.05, 4.69) is 0 Å². The largest absolute Gasteiger partial charge is 0.507 e. The van der Waals surface area contributed by atoms with Gasteiger partial charge in [0.25, 0.3) is 5.69 Å². The Morgan fingerprint density at radius 1 is 1.38 bits per heavy atom. The van der Waals surface area contributed by atoms with Crippen molar-refractivity contribution in [1.29, 1.82) is 0 Å². The number of aliphatic hydroxyl groups is 1. The fraction of sp³-hybridized carbons (Fsp3) is 0.526. The first-order valence-electron chi connectivity index (χ1n) is 8.64. The van der Waals surface area contributed by atoms with Gasteiger partial charge >= 0.3 is 5.97 Å². The Morgan fingerprint density at radius 3 is 2.50 bits per heavy atom. The van der Waals surface area contributed by atoms with Crippen LogP contribution >= 0.6 is 0 Å². The van der Waals surface area contributed by atoms with E-state index in [1.54, 1.807) is 26.8 Å². The molecule has 1 N–H and O–H groups in total. The van der Waals surface area contributed by atoms with Crippen LogP contribution in [-0.4, -0.2) is 34.2 Å². The van der Waals surface area contributed by atoms with Crippen LogP contribution in [0.1, 0.15) is 47.1 Å². The summed E-state index contributed by atoms with van der Waals surface area (Å²) < 4.78 is 5.45. The number of esters is 1. The zero-order chi connectivity index (χ0) is 19.8. The number of nitrogens with zero attached hydrogens (tertiary/aromatic N) is 2. The monoisotopic (exact) mass is 362 g/mol. The molecular weight excluding hydrogens is 336 g/mol. The van der Waals surface area contributed by atoms with Gasteiger partial charge in [-0.2, -0.15) is 0 Å². The van der Waals surface area contributed by atoms with E-state index in [-0.39, 0.29) is 22.6 Å². The van der Waals surface area contributed by atoms with Crippen LogP contribution in [0, 0.1) is 16.0 Å². The van der Waals surface area contributed by atoms with Crippen LogP contribution in [-0.2, 0) is 9.53 Å². The number of rotatable bonds is 4. The lowest BCUT2D eigenvalue weighted by Gasteiger charge is -2.39. The SMILES string of the molecule is CC(C)CN1c2ccc([N+](=O)[O-])cc2C(O)=C(C(=O)OC(C)(C)C)C1C. The van der Waals surface area contributed by atoms with Gasteiger partial charge in [0.1, 0.15) is 16.9 Å². The molecule has 2 rings (SSSR count). The van der Waals surface area contributed by atoms with Crippen LogP contribution in [0.3, 0.4) is 0 Å². The second kappa shape index (κ2) is 6.97. The molecule has 0 aromatic heterocycles. The topological polar surface area (TPSA) is 92.9 Å². The first-order valence-corrected chi connectivity index (χ1v) is 8.64. The Labute approximate surface area is 153 Å². The number of non-ortho nitro benzene ring substituents is 1. The summed E-state index contributed by atoms with van der Waals surface area (Å²) in [5.74, 6) is -0.584. The fourth-order valence-electron chi connectivity index (χ4n) is 3.04.